The number of ether oxygens (including phenoxy) is 1. The van der Waals surface area contributed by atoms with Crippen molar-refractivity contribution in [1.82, 2.24) is 10.2 Å². The third-order valence-corrected chi connectivity index (χ3v) is 5.18. The van der Waals surface area contributed by atoms with Gasteiger partial charge in [-0.15, -0.1) is 24.8 Å². The molecule has 3 rings (SSSR count). The van der Waals surface area contributed by atoms with E-state index in [0.29, 0.717) is 19.8 Å². The number of hydrogen-bond donors (Lipinski definition) is 2. The SMILES string of the molecule is Cl.Cl.NCC1(C(=O)NC2CCN(Cc3ccccc3)C2)CCOCC1. The van der Waals surface area contributed by atoms with Gasteiger partial charge in [-0.05, 0) is 24.8 Å². The highest BCUT2D eigenvalue weighted by atomic mass is 35.5. The van der Waals surface area contributed by atoms with Crippen LogP contribution in [0.15, 0.2) is 30.3 Å². The van der Waals surface area contributed by atoms with E-state index < -0.39 is 5.41 Å². The summed E-state index contributed by atoms with van der Waals surface area (Å²) in [5.74, 6) is 0.120. The summed E-state index contributed by atoms with van der Waals surface area (Å²) in [6.07, 6.45) is 2.47. The number of halogens is 2. The Hall–Kier alpha value is -0.850. The molecule has 25 heavy (non-hydrogen) atoms. The lowest BCUT2D eigenvalue weighted by atomic mass is 9.79. The summed E-state index contributed by atoms with van der Waals surface area (Å²) in [7, 11) is 0. The largest absolute Gasteiger partial charge is 0.381 e. The fourth-order valence-electron chi connectivity index (χ4n) is 3.56. The van der Waals surface area contributed by atoms with Crippen LogP contribution < -0.4 is 11.1 Å². The van der Waals surface area contributed by atoms with Gasteiger partial charge in [-0.1, -0.05) is 30.3 Å². The molecule has 2 aliphatic heterocycles. The third-order valence-electron chi connectivity index (χ3n) is 5.18. The minimum absolute atomic E-state index is 0. The summed E-state index contributed by atoms with van der Waals surface area (Å²) in [6.45, 7) is 4.56. The molecule has 0 bridgehead atoms. The van der Waals surface area contributed by atoms with Crippen LogP contribution in [0.1, 0.15) is 24.8 Å². The fourth-order valence-corrected chi connectivity index (χ4v) is 3.56. The lowest BCUT2D eigenvalue weighted by molar-refractivity contribution is -0.136. The number of amides is 1. The van der Waals surface area contributed by atoms with Gasteiger partial charge in [-0.25, -0.2) is 0 Å². The monoisotopic (exact) mass is 389 g/mol. The summed E-state index contributed by atoms with van der Waals surface area (Å²) in [5, 5.41) is 3.24. The Morgan fingerprint density at radius 3 is 2.56 bits per heavy atom. The van der Waals surface area contributed by atoms with Crippen LogP contribution in [0.2, 0.25) is 0 Å². The Morgan fingerprint density at radius 2 is 1.92 bits per heavy atom. The second-order valence-corrected chi connectivity index (χ2v) is 6.78. The van der Waals surface area contributed by atoms with Crippen molar-refractivity contribution in [3.05, 3.63) is 35.9 Å². The number of rotatable bonds is 5. The zero-order valence-electron chi connectivity index (χ0n) is 14.5. The van der Waals surface area contributed by atoms with Gasteiger partial charge in [-0.3, -0.25) is 9.69 Å². The fraction of sp³-hybridized carbons (Fsp3) is 0.611. The van der Waals surface area contributed by atoms with Gasteiger partial charge in [0.2, 0.25) is 5.91 Å². The number of nitrogens with two attached hydrogens (primary N) is 1. The molecule has 1 aromatic rings. The minimum atomic E-state index is -0.425. The van der Waals surface area contributed by atoms with Crippen molar-refractivity contribution in [2.24, 2.45) is 11.1 Å². The number of likely N-dealkylation sites (tertiary alicyclic amines) is 1. The molecule has 2 heterocycles. The highest BCUT2D eigenvalue weighted by molar-refractivity contribution is 5.85. The maximum Gasteiger partial charge on any atom is 0.227 e. The molecule has 7 heteroatoms. The van der Waals surface area contributed by atoms with E-state index in [4.69, 9.17) is 10.5 Å². The van der Waals surface area contributed by atoms with Crippen molar-refractivity contribution in [3.63, 3.8) is 0 Å². The van der Waals surface area contributed by atoms with Crippen LogP contribution in [0.4, 0.5) is 0 Å². The highest BCUT2D eigenvalue weighted by Crippen LogP contribution is 2.30. The molecule has 142 valence electrons. The molecule has 1 aromatic carbocycles. The van der Waals surface area contributed by atoms with Gasteiger partial charge in [-0.2, -0.15) is 0 Å². The molecular weight excluding hydrogens is 361 g/mol. The molecule has 2 fully saturated rings. The molecule has 3 N–H and O–H groups in total. The van der Waals surface area contributed by atoms with Crippen LogP contribution in [0, 0.1) is 5.41 Å². The van der Waals surface area contributed by atoms with E-state index in [1.807, 2.05) is 6.07 Å². The maximum atomic E-state index is 12.7. The van der Waals surface area contributed by atoms with E-state index in [0.717, 1.165) is 38.9 Å². The quantitative estimate of drug-likeness (QED) is 0.807. The van der Waals surface area contributed by atoms with Crippen molar-refractivity contribution < 1.29 is 9.53 Å². The summed E-state index contributed by atoms with van der Waals surface area (Å²) < 4.78 is 5.39. The van der Waals surface area contributed by atoms with Crippen LogP contribution in [0.3, 0.4) is 0 Å². The molecule has 0 aromatic heterocycles. The molecule has 0 spiro atoms. The molecule has 1 atom stereocenters. The predicted octanol–water partition coefficient (Wildman–Crippen LogP) is 1.98. The van der Waals surface area contributed by atoms with E-state index in [1.54, 1.807) is 0 Å². The van der Waals surface area contributed by atoms with Gasteiger partial charge in [0.15, 0.2) is 0 Å². The number of carbonyl (C=O) groups is 1. The third kappa shape index (κ3) is 5.56. The molecule has 0 saturated carbocycles. The van der Waals surface area contributed by atoms with Crippen LogP contribution in [0.25, 0.3) is 0 Å². The molecule has 0 aliphatic carbocycles. The van der Waals surface area contributed by atoms with Gasteiger partial charge in [0.05, 0.1) is 5.41 Å². The Labute approximate surface area is 162 Å². The standard InChI is InChI=1S/C18H27N3O2.2ClH/c19-14-18(7-10-23-11-8-18)17(22)20-16-6-9-21(13-16)12-15-4-2-1-3-5-15;;/h1-5,16H,6-14,19H2,(H,20,22);2*1H. The normalized spacial score (nSPS) is 22.5. The lowest BCUT2D eigenvalue weighted by Crippen LogP contribution is -2.52. The number of nitrogens with one attached hydrogen (secondary N) is 1. The number of hydrogen-bond acceptors (Lipinski definition) is 4. The first kappa shape index (κ1) is 22.2. The number of nitrogens with zero attached hydrogens (tertiary/aromatic N) is 1. The van der Waals surface area contributed by atoms with E-state index in [2.05, 4.69) is 34.5 Å². The van der Waals surface area contributed by atoms with Gasteiger partial charge >= 0.3 is 0 Å². The van der Waals surface area contributed by atoms with Crippen molar-refractivity contribution in [1.29, 1.82) is 0 Å². The molecule has 2 aliphatic rings. The smallest absolute Gasteiger partial charge is 0.227 e. The van der Waals surface area contributed by atoms with Crippen LogP contribution >= 0.6 is 24.8 Å². The van der Waals surface area contributed by atoms with Crippen LogP contribution in [0.5, 0.6) is 0 Å². The van der Waals surface area contributed by atoms with E-state index in [9.17, 15) is 4.79 Å². The molecule has 1 amide bonds. The predicted molar refractivity (Wildman–Crippen MR) is 104 cm³/mol. The van der Waals surface area contributed by atoms with Crippen molar-refractivity contribution in [3.8, 4) is 0 Å². The van der Waals surface area contributed by atoms with Crippen LogP contribution in [-0.2, 0) is 16.1 Å². The van der Waals surface area contributed by atoms with Crippen molar-refractivity contribution >= 4 is 30.7 Å². The van der Waals surface area contributed by atoms with Crippen molar-refractivity contribution in [2.75, 3.05) is 32.8 Å². The lowest BCUT2D eigenvalue weighted by Gasteiger charge is -2.35. The first-order valence-electron chi connectivity index (χ1n) is 8.57. The summed E-state index contributed by atoms with van der Waals surface area (Å²) in [5.41, 5.74) is 6.81. The molecular formula is C18H29Cl2N3O2. The van der Waals surface area contributed by atoms with Gasteiger partial charge in [0, 0.05) is 45.4 Å². The maximum absolute atomic E-state index is 12.7. The first-order chi connectivity index (χ1) is 11.2. The van der Waals surface area contributed by atoms with E-state index in [-0.39, 0.29) is 36.8 Å². The Bertz CT molecular complexity index is 524. The Morgan fingerprint density at radius 1 is 1.24 bits per heavy atom. The first-order valence-corrected chi connectivity index (χ1v) is 8.57. The zero-order valence-corrected chi connectivity index (χ0v) is 16.1. The zero-order chi connectivity index (χ0) is 16.1. The molecule has 2 saturated heterocycles. The highest BCUT2D eigenvalue weighted by Gasteiger charge is 2.40. The van der Waals surface area contributed by atoms with E-state index in [1.165, 1.54) is 5.56 Å². The van der Waals surface area contributed by atoms with Gasteiger partial charge in [0.1, 0.15) is 0 Å². The molecule has 5 nitrogen and oxygen atoms in total. The minimum Gasteiger partial charge on any atom is -0.381 e. The van der Waals surface area contributed by atoms with E-state index >= 15 is 0 Å². The average Bonchev–Trinajstić information content (AvgIpc) is 3.03. The molecule has 1 unspecified atom stereocenters. The summed E-state index contributed by atoms with van der Waals surface area (Å²) >= 11 is 0. The van der Waals surface area contributed by atoms with Crippen LogP contribution in [-0.4, -0.2) is 49.7 Å². The summed E-state index contributed by atoms with van der Waals surface area (Å²) in [6, 6.07) is 10.7. The summed E-state index contributed by atoms with van der Waals surface area (Å²) in [4.78, 5) is 15.1. The Kier molecular flexibility index (Phi) is 9.17. The second-order valence-electron chi connectivity index (χ2n) is 6.78. The molecule has 0 radical (unpaired) electrons. The second kappa shape index (κ2) is 10.3. The number of benzene rings is 1. The number of carbonyl (C=O) groups excluding carboxylic acids is 1. The topological polar surface area (TPSA) is 67.6 Å². The average molecular weight is 390 g/mol. The van der Waals surface area contributed by atoms with Crippen molar-refractivity contribution in [2.45, 2.75) is 31.8 Å². The van der Waals surface area contributed by atoms with Gasteiger partial charge in [0.25, 0.3) is 0 Å². The van der Waals surface area contributed by atoms with Gasteiger partial charge < -0.3 is 15.8 Å². The Balaban J connectivity index is 0.00000156.